The highest BCUT2D eigenvalue weighted by molar-refractivity contribution is 5.91. The summed E-state index contributed by atoms with van der Waals surface area (Å²) in [5.74, 6) is 1.60. The number of nitrogens with zero attached hydrogens (tertiary/aromatic N) is 1. The molecule has 1 aliphatic heterocycles. The molecule has 144 valence electrons. The van der Waals surface area contributed by atoms with Crippen LogP contribution in [0.4, 0.5) is 5.69 Å². The summed E-state index contributed by atoms with van der Waals surface area (Å²) in [6.45, 7) is 4.61. The van der Waals surface area contributed by atoms with Crippen LogP contribution in [-0.4, -0.2) is 38.1 Å². The van der Waals surface area contributed by atoms with Gasteiger partial charge in [-0.05, 0) is 47.7 Å². The van der Waals surface area contributed by atoms with Crippen LogP contribution in [0, 0.1) is 0 Å². The van der Waals surface area contributed by atoms with Crippen molar-refractivity contribution in [1.82, 2.24) is 4.90 Å². The quantitative estimate of drug-likeness (QED) is 0.810. The molecule has 1 aliphatic rings. The maximum atomic E-state index is 12.4. The summed E-state index contributed by atoms with van der Waals surface area (Å²) in [4.78, 5) is 14.7. The molecule has 0 unspecified atom stereocenters. The van der Waals surface area contributed by atoms with Gasteiger partial charge >= 0.3 is 0 Å². The third kappa shape index (κ3) is 4.61. The average Bonchev–Trinajstić information content (AvgIpc) is 2.71. The minimum Gasteiger partial charge on any atom is -0.493 e. The lowest BCUT2D eigenvalue weighted by molar-refractivity contribution is -0.116. The molecule has 2 aromatic rings. The van der Waals surface area contributed by atoms with Gasteiger partial charge in [-0.3, -0.25) is 9.69 Å². The zero-order valence-electron chi connectivity index (χ0n) is 16.4. The largest absolute Gasteiger partial charge is 0.493 e. The van der Waals surface area contributed by atoms with Crippen molar-refractivity contribution in [2.24, 2.45) is 0 Å². The van der Waals surface area contributed by atoms with E-state index in [9.17, 15) is 4.79 Å². The molecule has 27 heavy (non-hydrogen) atoms. The Balaban J connectivity index is 1.58. The van der Waals surface area contributed by atoms with E-state index in [2.05, 4.69) is 35.3 Å². The number of aryl methyl sites for hydroxylation is 1. The first-order valence-corrected chi connectivity index (χ1v) is 9.48. The Morgan fingerprint density at radius 3 is 2.52 bits per heavy atom. The number of nitrogens with one attached hydrogen (secondary N) is 1. The number of rotatable bonds is 7. The van der Waals surface area contributed by atoms with E-state index in [0.29, 0.717) is 6.42 Å². The number of anilines is 1. The van der Waals surface area contributed by atoms with Gasteiger partial charge in [-0.25, -0.2) is 0 Å². The molecular formula is C22H28N2O3. The van der Waals surface area contributed by atoms with Crippen LogP contribution in [0.1, 0.15) is 30.0 Å². The monoisotopic (exact) mass is 368 g/mol. The van der Waals surface area contributed by atoms with E-state index in [1.54, 1.807) is 14.2 Å². The molecule has 1 heterocycles. The smallest absolute Gasteiger partial charge is 0.225 e. The van der Waals surface area contributed by atoms with E-state index in [0.717, 1.165) is 49.7 Å². The lowest BCUT2D eigenvalue weighted by Gasteiger charge is -2.29. The van der Waals surface area contributed by atoms with Gasteiger partial charge in [0.25, 0.3) is 0 Å². The molecule has 0 spiro atoms. The molecule has 5 heteroatoms. The Morgan fingerprint density at radius 2 is 1.81 bits per heavy atom. The standard InChI is InChI=1S/C22H28N2O3/c1-4-16-7-5-6-8-19(16)23-22(25)10-12-24-11-9-17-13-20(26-2)21(27-3)14-18(17)15-24/h5-8,13-14H,4,9-12,15H2,1-3H3,(H,23,25). The van der Waals surface area contributed by atoms with Crippen molar-refractivity contribution in [3.63, 3.8) is 0 Å². The molecule has 3 rings (SSSR count). The number of fused-ring (bicyclic) bond motifs is 1. The second-order valence-corrected chi connectivity index (χ2v) is 6.81. The van der Waals surface area contributed by atoms with Gasteiger partial charge in [-0.15, -0.1) is 0 Å². The average molecular weight is 368 g/mol. The summed E-state index contributed by atoms with van der Waals surface area (Å²) >= 11 is 0. The van der Waals surface area contributed by atoms with Crippen molar-refractivity contribution in [3.8, 4) is 11.5 Å². The Bertz CT molecular complexity index is 804. The fourth-order valence-electron chi connectivity index (χ4n) is 3.56. The zero-order chi connectivity index (χ0) is 19.2. The van der Waals surface area contributed by atoms with Crippen molar-refractivity contribution in [2.45, 2.75) is 32.7 Å². The number of carbonyl (C=O) groups is 1. The Labute approximate surface area is 161 Å². The highest BCUT2D eigenvalue weighted by atomic mass is 16.5. The van der Waals surface area contributed by atoms with Gasteiger partial charge < -0.3 is 14.8 Å². The molecule has 0 saturated carbocycles. The lowest BCUT2D eigenvalue weighted by atomic mass is 9.98. The molecule has 0 atom stereocenters. The molecule has 1 N–H and O–H groups in total. The van der Waals surface area contributed by atoms with Crippen molar-refractivity contribution < 1.29 is 14.3 Å². The van der Waals surface area contributed by atoms with Crippen LogP contribution in [0.5, 0.6) is 11.5 Å². The van der Waals surface area contributed by atoms with Gasteiger partial charge in [0.1, 0.15) is 0 Å². The molecule has 2 aromatic carbocycles. The fraction of sp³-hybridized carbons (Fsp3) is 0.409. The van der Waals surface area contributed by atoms with Gasteiger partial charge in [-0.2, -0.15) is 0 Å². The molecular weight excluding hydrogens is 340 g/mol. The van der Waals surface area contributed by atoms with E-state index in [-0.39, 0.29) is 5.91 Å². The number of hydrogen-bond donors (Lipinski definition) is 1. The van der Waals surface area contributed by atoms with Crippen LogP contribution in [-0.2, 0) is 24.2 Å². The van der Waals surface area contributed by atoms with Crippen LogP contribution in [0.2, 0.25) is 0 Å². The first-order valence-electron chi connectivity index (χ1n) is 9.48. The van der Waals surface area contributed by atoms with E-state index >= 15 is 0 Å². The Morgan fingerprint density at radius 1 is 1.11 bits per heavy atom. The molecule has 5 nitrogen and oxygen atoms in total. The topological polar surface area (TPSA) is 50.8 Å². The maximum Gasteiger partial charge on any atom is 0.225 e. The van der Waals surface area contributed by atoms with Crippen LogP contribution in [0.3, 0.4) is 0 Å². The fourth-order valence-corrected chi connectivity index (χ4v) is 3.56. The maximum absolute atomic E-state index is 12.4. The van der Waals surface area contributed by atoms with Gasteiger partial charge in [0.15, 0.2) is 11.5 Å². The SMILES string of the molecule is CCc1ccccc1NC(=O)CCN1CCc2cc(OC)c(OC)cc2C1. The molecule has 0 bridgehead atoms. The van der Waals surface area contributed by atoms with E-state index < -0.39 is 0 Å². The van der Waals surface area contributed by atoms with Crippen molar-refractivity contribution >= 4 is 11.6 Å². The number of ether oxygens (including phenoxy) is 2. The number of benzene rings is 2. The molecule has 0 aromatic heterocycles. The third-order valence-electron chi connectivity index (χ3n) is 5.12. The Kier molecular flexibility index (Phi) is 6.35. The predicted molar refractivity (Wildman–Crippen MR) is 108 cm³/mol. The summed E-state index contributed by atoms with van der Waals surface area (Å²) in [7, 11) is 3.32. The summed E-state index contributed by atoms with van der Waals surface area (Å²) in [6, 6.07) is 12.1. The van der Waals surface area contributed by atoms with Crippen LogP contribution in [0.15, 0.2) is 36.4 Å². The summed E-state index contributed by atoms with van der Waals surface area (Å²) in [5.41, 5.74) is 4.63. The summed E-state index contributed by atoms with van der Waals surface area (Å²) in [6.07, 6.45) is 2.35. The number of amides is 1. The van der Waals surface area contributed by atoms with Gasteiger partial charge in [0.2, 0.25) is 5.91 Å². The number of para-hydroxylation sites is 1. The normalized spacial score (nSPS) is 13.7. The second kappa shape index (κ2) is 8.91. The number of hydrogen-bond acceptors (Lipinski definition) is 4. The minimum atomic E-state index is 0.0639. The highest BCUT2D eigenvalue weighted by Gasteiger charge is 2.20. The molecule has 0 fully saturated rings. The second-order valence-electron chi connectivity index (χ2n) is 6.81. The molecule has 0 aliphatic carbocycles. The summed E-state index contributed by atoms with van der Waals surface area (Å²) in [5, 5.41) is 3.05. The first-order chi connectivity index (χ1) is 13.1. The van der Waals surface area contributed by atoms with Gasteiger partial charge in [0, 0.05) is 31.7 Å². The molecule has 0 saturated heterocycles. The van der Waals surface area contributed by atoms with Gasteiger partial charge in [-0.1, -0.05) is 25.1 Å². The van der Waals surface area contributed by atoms with Crippen LogP contribution in [0.25, 0.3) is 0 Å². The number of methoxy groups -OCH3 is 2. The van der Waals surface area contributed by atoms with Crippen molar-refractivity contribution in [1.29, 1.82) is 0 Å². The van der Waals surface area contributed by atoms with Gasteiger partial charge in [0.05, 0.1) is 14.2 Å². The predicted octanol–water partition coefficient (Wildman–Crippen LogP) is 3.65. The van der Waals surface area contributed by atoms with Crippen LogP contribution >= 0.6 is 0 Å². The van der Waals surface area contributed by atoms with E-state index in [1.165, 1.54) is 16.7 Å². The molecule has 0 radical (unpaired) electrons. The van der Waals surface area contributed by atoms with Crippen molar-refractivity contribution in [2.75, 3.05) is 32.6 Å². The lowest BCUT2D eigenvalue weighted by Crippen LogP contribution is -2.33. The van der Waals surface area contributed by atoms with E-state index in [4.69, 9.17) is 9.47 Å². The van der Waals surface area contributed by atoms with E-state index in [1.807, 2.05) is 18.2 Å². The first kappa shape index (κ1) is 19.2. The Hall–Kier alpha value is -2.53. The highest BCUT2D eigenvalue weighted by Crippen LogP contribution is 2.33. The zero-order valence-corrected chi connectivity index (χ0v) is 16.4. The molecule has 1 amide bonds. The van der Waals surface area contributed by atoms with Crippen LogP contribution < -0.4 is 14.8 Å². The van der Waals surface area contributed by atoms with Crippen molar-refractivity contribution in [3.05, 3.63) is 53.1 Å². The third-order valence-corrected chi connectivity index (χ3v) is 5.12. The minimum absolute atomic E-state index is 0.0639. The summed E-state index contributed by atoms with van der Waals surface area (Å²) < 4.78 is 10.8. The number of carbonyl (C=O) groups excluding carboxylic acids is 1.